The molecule has 6 heteroatoms. The Morgan fingerprint density at radius 1 is 1.32 bits per heavy atom. The number of nitrogens with zero attached hydrogens (tertiary/aromatic N) is 4. The van der Waals surface area contributed by atoms with E-state index in [2.05, 4.69) is 16.8 Å². The average molecular weight is 325 g/mol. The summed E-state index contributed by atoms with van der Waals surface area (Å²) in [5, 5.41) is 0.661. The Morgan fingerprint density at radius 2 is 2.00 bits per heavy atom. The van der Waals surface area contributed by atoms with E-state index in [4.69, 9.17) is 11.6 Å². The third kappa shape index (κ3) is 4.41. The molecule has 0 saturated carbocycles. The van der Waals surface area contributed by atoms with Gasteiger partial charge in [-0.2, -0.15) is 0 Å². The zero-order valence-electron chi connectivity index (χ0n) is 13.6. The van der Waals surface area contributed by atoms with E-state index >= 15 is 0 Å². The minimum absolute atomic E-state index is 0.00974. The highest BCUT2D eigenvalue weighted by atomic mass is 35.5. The van der Waals surface area contributed by atoms with Crippen molar-refractivity contribution < 1.29 is 4.79 Å². The molecule has 0 aromatic carbocycles. The molecule has 1 aromatic rings. The molecule has 2 rings (SSSR count). The van der Waals surface area contributed by atoms with Crippen LogP contribution in [0.25, 0.3) is 0 Å². The summed E-state index contributed by atoms with van der Waals surface area (Å²) in [6.45, 7) is 6.22. The lowest BCUT2D eigenvalue weighted by atomic mass is 10.1. The maximum atomic E-state index is 12.5. The summed E-state index contributed by atoms with van der Waals surface area (Å²) in [7, 11) is 3.93. The third-order valence-corrected chi connectivity index (χ3v) is 4.38. The molecular formula is C16H25ClN4O. The Balaban J connectivity index is 1.85. The SMILES string of the molecule is CCC(C(=O)N1CCN(Cc2ccc(Cl)cn2)CC1)N(C)C. The Labute approximate surface area is 137 Å². The smallest absolute Gasteiger partial charge is 0.239 e. The number of halogens is 1. The molecule has 0 N–H and O–H groups in total. The van der Waals surface area contributed by atoms with Crippen LogP contribution in [0.1, 0.15) is 19.0 Å². The van der Waals surface area contributed by atoms with Crippen LogP contribution in [0, 0.1) is 0 Å². The van der Waals surface area contributed by atoms with Gasteiger partial charge in [0.1, 0.15) is 0 Å². The molecule has 22 heavy (non-hydrogen) atoms. The summed E-state index contributed by atoms with van der Waals surface area (Å²) in [6.07, 6.45) is 2.53. The second-order valence-corrected chi connectivity index (χ2v) is 6.39. The highest BCUT2D eigenvalue weighted by Crippen LogP contribution is 2.12. The quantitative estimate of drug-likeness (QED) is 0.827. The molecule has 1 saturated heterocycles. The van der Waals surface area contributed by atoms with Crippen LogP contribution in [-0.2, 0) is 11.3 Å². The minimum Gasteiger partial charge on any atom is -0.339 e. The van der Waals surface area contributed by atoms with Crippen LogP contribution in [0.2, 0.25) is 5.02 Å². The Hall–Kier alpha value is -1.17. The van der Waals surface area contributed by atoms with Crippen molar-refractivity contribution in [1.82, 2.24) is 19.7 Å². The summed E-state index contributed by atoms with van der Waals surface area (Å²) < 4.78 is 0. The molecule has 0 bridgehead atoms. The fraction of sp³-hybridized carbons (Fsp3) is 0.625. The molecule has 1 atom stereocenters. The number of rotatable bonds is 5. The number of aromatic nitrogens is 1. The number of pyridine rings is 1. The Morgan fingerprint density at radius 3 is 2.50 bits per heavy atom. The second-order valence-electron chi connectivity index (χ2n) is 5.96. The fourth-order valence-corrected chi connectivity index (χ4v) is 2.94. The number of piperazine rings is 1. The van der Waals surface area contributed by atoms with Crippen molar-refractivity contribution in [3.63, 3.8) is 0 Å². The van der Waals surface area contributed by atoms with Crippen molar-refractivity contribution in [3.05, 3.63) is 29.0 Å². The van der Waals surface area contributed by atoms with Gasteiger partial charge >= 0.3 is 0 Å². The molecule has 1 aliphatic heterocycles. The average Bonchev–Trinajstić information content (AvgIpc) is 2.50. The number of hydrogen-bond donors (Lipinski definition) is 0. The van der Waals surface area contributed by atoms with Crippen LogP contribution in [-0.4, -0.2) is 71.9 Å². The largest absolute Gasteiger partial charge is 0.339 e. The first-order valence-corrected chi connectivity index (χ1v) is 8.17. The van der Waals surface area contributed by atoms with Gasteiger partial charge in [-0.25, -0.2) is 0 Å². The van der Waals surface area contributed by atoms with Crippen molar-refractivity contribution in [1.29, 1.82) is 0 Å². The zero-order valence-corrected chi connectivity index (χ0v) is 14.4. The third-order valence-electron chi connectivity index (χ3n) is 4.15. The van der Waals surface area contributed by atoms with Crippen LogP contribution >= 0.6 is 11.6 Å². The number of amides is 1. The van der Waals surface area contributed by atoms with Gasteiger partial charge in [0.15, 0.2) is 0 Å². The van der Waals surface area contributed by atoms with Crippen molar-refractivity contribution >= 4 is 17.5 Å². The van der Waals surface area contributed by atoms with E-state index in [1.165, 1.54) is 0 Å². The first kappa shape index (κ1) is 17.2. The van der Waals surface area contributed by atoms with Crippen molar-refractivity contribution in [2.45, 2.75) is 25.9 Å². The number of carbonyl (C=O) groups is 1. The number of hydrogen-bond acceptors (Lipinski definition) is 4. The standard InChI is InChI=1S/C16H25ClN4O/c1-4-15(19(2)3)16(22)21-9-7-20(8-10-21)12-14-6-5-13(17)11-18-14/h5-6,11,15H,4,7-10,12H2,1-3H3. The maximum Gasteiger partial charge on any atom is 0.239 e. The Bertz CT molecular complexity index is 483. The molecule has 1 aromatic heterocycles. The highest BCUT2D eigenvalue weighted by Gasteiger charge is 2.27. The van der Waals surface area contributed by atoms with Crippen molar-refractivity contribution in [3.8, 4) is 0 Å². The molecule has 122 valence electrons. The monoisotopic (exact) mass is 324 g/mol. The molecule has 5 nitrogen and oxygen atoms in total. The van der Waals surface area contributed by atoms with Crippen LogP contribution in [0.5, 0.6) is 0 Å². The topological polar surface area (TPSA) is 39.7 Å². The van der Waals surface area contributed by atoms with E-state index in [9.17, 15) is 4.79 Å². The summed E-state index contributed by atoms with van der Waals surface area (Å²) in [4.78, 5) is 23.2. The van der Waals surface area contributed by atoms with E-state index in [0.717, 1.165) is 44.8 Å². The maximum absolute atomic E-state index is 12.5. The lowest BCUT2D eigenvalue weighted by Gasteiger charge is -2.37. The van der Waals surface area contributed by atoms with Gasteiger partial charge in [0, 0.05) is 38.9 Å². The molecule has 1 aliphatic rings. The van der Waals surface area contributed by atoms with Gasteiger partial charge in [-0.05, 0) is 32.6 Å². The first-order chi connectivity index (χ1) is 10.5. The van der Waals surface area contributed by atoms with E-state index in [1.807, 2.05) is 36.0 Å². The summed E-state index contributed by atoms with van der Waals surface area (Å²) in [5.41, 5.74) is 1.02. The first-order valence-electron chi connectivity index (χ1n) is 7.79. The molecule has 0 radical (unpaired) electrons. The zero-order chi connectivity index (χ0) is 16.1. The van der Waals surface area contributed by atoms with Crippen LogP contribution < -0.4 is 0 Å². The molecule has 1 unspecified atom stereocenters. The lowest BCUT2D eigenvalue weighted by molar-refractivity contribution is -0.138. The van der Waals surface area contributed by atoms with Crippen molar-refractivity contribution in [2.75, 3.05) is 40.3 Å². The number of carbonyl (C=O) groups excluding carboxylic acids is 1. The van der Waals surface area contributed by atoms with Gasteiger partial charge in [0.25, 0.3) is 0 Å². The molecule has 0 spiro atoms. The molecule has 1 amide bonds. The van der Waals surface area contributed by atoms with Gasteiger partial charge in [-0.3, -0.25) is 19.6 Å². The van der Waals surface area contributed by atoms with E-state index in [0.29, 0.717) is 5.02 Å². The fourth-order valence-electron chi connectivity index (χ4n) is 2.83. The summed E-state index contributed by atoms with van der Waals surface area (Å²) >= 11 is 5.85. The van der Waals surface area contributed by atoms with Gasteiger partial charge in [-0.15, -0.1) is 0 Å². The predicted molar refractivity (Wildman–Crippen MR) is 88.9 cm³/mol. The number of likely N-dealkylation sites (N-methyl/N-ethyl adjacent to an activating group) is 1. The van der Waals surface area contributed by atoms with Crippen LogP contribution in [0.4, 0.5) is 0 Å². The van der Waals surface area contributed by atoms with Crippen LogP contribution in [0.3, 0.4) is 0 Å². The van der Waals surface area contributed by atoms with E-state index in [-0.39, 0.29) is 11.9 Å². The van der Waals surface area contributed by atoms with E-state index in [1.54, 1.807) is 6.20 Å². The summed E-state index contributed by atoms with van der Waals surface area (Å²) in [6, 6.07) is 3.82. The van der Waals surface area contributed by atoms with Gasteiger partial charge < -0.3 is 4.90 Å². The minimum atomic E-state index is -0.00974. The van der Waals surface area contributed by atoms with E-state index < -0.39 is 0 Å². The lowest BCUT2D eigenvalue weighted by Crippen LogP contribution is -2.53. The highest BCUT2D eigenvalue weighted by molar-refractivity contribution is 6.30. The van der Waals surface area contributed by atoms with Gasteiger partial charge in [-0.1, -0.05) is 18.5 Å². The van der Waals surface area contributed by atoms with Gasteiger partial charge in [0.05, 0.1) is 16.8 Å². The van der Waals surface area contributed by atoms with Gasteiger partial charge in [0.2, 0.25) is 5.91 Å². The second kappa shape index (κ2) is 7.90. The van der Waals surface area contributed by atoms with Crippen molar-refractivity contribution in [2.24, 2.45) is 0 Å². The molecule has 1 fully saturated rings. The predicted octanol–water partition coefficient (Wildman–Crippen LogP) is 1.72. The molecule has 0 aliphatic carbocycles. The molecule has 2 heterocycles. The van der Waals surface area contributed by atoms with Crippen LogP contribution in [0.15, 0.2) is 18.3 Å². The molecular weight excluding hydrogens is 300 g/mol. The Kier molecular flexibility index (Phi) is 6.17. The summed E-state index contributed by atoms with van der Waals surface area (Å²) in [5.74, 6) is 0.247. The normalized spacial score (nSPS) is 17.8.